The molecule has 0 aliphatic rings. The Balaban J connectivity index is 3.48. The second-order valence-corrected chi connectivity index (χ2v) is 2.28. The molecule has 0 atom stereocenters. The first-order valence-electron chi connectivity index (χ1n) is 3.53. The highest BCUT2D eigenvalue weighted by molar-refractivity contribution is 5.39. The predicted octanol–water partition coefficient (Wildman–Crippen LogP) is 0.445. The third kappa shape index (κ3) is 1.17. The quantitative estimate of drug-likeness (QED) is 0.655. The van der Waals surface area contributed by atoms with Gasteiger partial charge in [0.1, 0.15) is 11.8 Å². The van der Waals surface area contributed by atoms with Gasteiger partial charge in [0.25, 0.3) is 5.56 Å². The van der Waals surface area contributed by atoms with E-state index in [1.165, 1.54) is 16.8 Å². The Morgan fingerprint density at radius 3 is 2.92 bits per heavy atom. The number of hydrogen-bond donors (Lipinski definition) is 1. The van der Waals surface area contributed by atoms with E-state index in [2.05, 4.69) is 0 Å². The molecule has 4 heteroatoms. The summed E-state index contributed by atoms with van der Waals surface area (Å²) >= 11 is 0. The molecule has 0 spiro atoms. The number of aromatic nitrogens is 1. The molecule has 0 aliphatic carbocycles. The zero-order valence-electron chi connectivity index (χ0n) is 6.61. The molecule has 1 aromatic heterocycles. The Hall–Kier alpha value is -1.76. The summed E-state index contributed by atoms with van der Waals surface area (Å²) in [6.07, 6.45) is 1.46. The van der Waals surface area contributed by atoms with Gasteiger partial charge in [0.2, 0.25) is 0 Å². The zero-order chi connectivity index (χ0) is 9.14. The minimum Gasteiger partial charge on any atom is -0.506 e. The van der Waals surface area contributed by atoms with Gasteiger partial charge in [-0.05, 0) is 13.0 Å². The van der Waals surface area contributed by atoms with Gasteiger partial charge < -0.3 is 9.67 Å². The van der Waals surface area contributed by atoms with Crippen molar-refractivity contribution in [3.63, 3.8) is 0 Å². The summed E-state index contributed by atoms with van der Waals surface area (Å²) in [5.41, 5.74) is -0.639. The molecule has 12 heavy (non-hydrogen) atoms. The fourth-order valence-corrected chi connectivity index (χ4v) is 0.919. The molecule has 1 heterocycles. The van der Waals surface area contributed by atoms with Gasteiger partial charge in [-0.3, -0.25) is 4.79 Å². The van der Waals surface area contributed by atoms with Gasteiger partial charge in [-0.2, -0.15) is 5.26 Å². The third-order valence-electron chi connectivity index (χ3n) is 1.60. The molecule has 0 fully saturated rings. The van der Waals surface area contributed by atoms with Gasteiger partial charge >= 0.3 is 0 Å². The van der Waals surface area contributed by atoms with E-state index in [0.29, 0.717) is 6.54 Å². The molecule has 0 amide bonds. The molecule has 0 unspecified atom stereocenters. The van der Waals surface area contributed by atoms with Crippen LogP contribution in [0.15, 0.2) is 17.1 Å². The van der Waals surface area contributed by atoms with Crippen LogP contribution in [0.5, 0.6) is 5.75 Å². The van der Waals surface area contributed by atoms with E-state index in [4.69, 9.17) is 10.4 Å². The Kier molecular flexibility index (Phi) is 2.15. The Labute approximate surface area is 69.3 Å². The van der Waals surface area contributed by atoms with Crippen LogP contribution in [-0.4, -0.2) is 9.67 Å². The van der Waals surface area contributed by atoms with Crippen LogP contribution in [0, 0.1) is 11.3 Å². The van der Waals surface area contributed by atoms with Crippen molar-refractivity contribution in [2.75, 3.05) is 0 Å². The highest BCUT2D eigenvalue weighted by Gasteiger charge is 2.06. The minimum atomic E-state index is -0.444. The van der Waals surface area contributed by atoms with Crippen molar-refractivity contribution in [1.29, 1.82) is 5.26 Å². The molecule has 0 saturated carbocycles. The summed E-state index contributed by atoms with van der Waals surface area (Å²) < 4.78 is 1.36. The lowest BCUT2D eigenvalue weighted by atomic mass is 10.3. The molecular formula is C8H8N2O2. The third-order valence-corrected chi connectivity index (χ3v) is 1.60. The van der Waals surface area contributed by atoms with E-state index in [9.17, 15) is 4.79 Å². The van der Waals surface area contributed by atoms with Crippen LogP contribution in [0.2, 0.25) is 0 Å². The molecule has 4 nitrogen and oxygen atoms in total. The lowest BCUT2D eigenvalue weighted by Crippen LogP contribution is -2.20. The number of nitriles is 1. The van der Waals surface area contributed by atoms with Gasteiger partial charge in [-0.1, -0.05) is 0 Å². The average Bonchev–Trinajstić information content (AvgIpc) is 2.06. The van der Waals surface area contributed by atoms with Crippen molar-refractivity contribution in [3.05, 3.63) is 28.2 Å². The second-order valence-electron chi connectivity index (χ2n) is 2.28. The van der Waals surface area contributed by atoms with Crippen molar-refractivity contribution >= 4 is 0 Å². The van der Waals surface area contributed by atoms with Crippen LogP contribution in [0.25, 0.3) is 0 Å². The number of aromatic hydroxyl groups is 1. The van der Waals surface area contributed by atoms with Crippen LogP contribution in [0.3, 0.4) is 0 Å². The summed E-state index contributed by atoms with van der Waals surface area (Å²) in [6, 6.07) is 2.99. The van der Waals surface area contributed by atoms with Crippen LogP contribution in [-0.2, 0) is 6.54 Å². The maximum absolute atomic E-state index is 11.2. The molecule has 0 saturated heterocycles. The number of nitrogens with zero attached hydrogens (tertiary/aromatic N) is 2. The van der Waals surface area contributed by atoms with Crippen molar-refractivity contribution < 1.29 is 5.11 Å². The van der Waals surface area contributed by atoms with Gasteiger partial charge in [0, 0.05) is 12.7 Å². The van der Waals surface area contributed by atoms with Crippen molar-refractivity contribution in [2.24, 2.45) is 0 Å². The molecule has 0 bridgehead atoms. The number of aryl methyl sites for hydroxylation is 1. The minimum absolute atomic E-state index is 0.195. The molecule has 1 aromatic rings. The van der Waals surface area contributed by atoms with E-state index in [0.717, 1.165) is 0 Å². The normalized spacial score (nSPS) is 9.33. The van der Waals surface area contributed by atoms with Gasteiger partial charge in [0.05, 0.1) is 0 Å². The van der Waals surface area contributed by atoms with Gasteiger partial charge in [-0.25, -0.2) is 0 Å². The van der Waals surface area contributed by atoms with Gasteiger partial charge in [0.15, 0.2) is 5.56 Å². The fraction of sp³-hybridized carbons (Fsp3) is 0.250. The van der Waals surface area contributed by atoms with E-state index in [1.54, 1.807) is 13.0 Å². The average molecular weight is 164 g/mol. The SMILES string of the molecule is CCn1ccc(O)c(C#N)c1=O. The lowest BCUT2D eigenvalue weighted by Gasteiger charge is -2.01. The van der Waals surface area contributed by atoms with E-state index in [-0.39, 0.29) is 11.3 Å². The number of rotatable bonds is 1. The first-order chi connectivity index (χ1) is 5.70. The summed E-state index contributed by atoms with van der Waals surface area (Å²) in [7, 11) is 0. The van der Waals surface area contributed by atoms with Crippen molar-refractivity contribution in [3.8, 4) is 11.8 Å². The zero-order valence-corrected chi connectivity index (χ0v) is 6.61. The predicted molar refractivity (Wildman–Crippen MR) is 42.8 cm³/mol. The first kappa shape index (κ1) is 8.34. The molecule has 0 radical (unpaired) electrons. The standard InChI is InChI=1S/C8H8N2O2/c1-2-10-4-3-7(11)6(5-9)8(10)12/h3-4,11H,2H2,1H3. The second kappa shape index (κ2) is 3.09. The fourth-order valence-electron chi connectivity index (χ4n) is 0.919. The maximum Gasteiger partial charge on any atom is 0.272 e. The molecule has 1 rings (SSSR count). The summed E-state index contributed by atoms with van der Waals surface area (Å²) in [6.45, 7) is 2.29. The first-order valence-corrected chi connectivity index (χ1v) is 3.53. The summed E-state index contributed by atoms with van der Waals surface area (Å²) in [5.74, 6) is -0.257. The van der Waals surface area contributed by atoms with E-state index >= 15 is 0 Å². The Morgan fingerprint density at radius 2 is 2.42 bits per heavy atom. The number of hydrogen-bond acceptors (Lipinski definition) is 3. The van der Waals surface area contributed by atoms with Crippen LogP contribution >= 0.6 is 0 Å². The molecule has 0 aromatic carbocycles. The van der Waals surface area contributed by atoms with Gasteiger partial charge in [-0.15, -0.1) is 0 Å². The van der Waals surface area contributed by atoms with Crippen LogP contribution < -0.4 is 5.56 Å². The number of pyridine rings is 1. The van der Waals surface area contributed by atoms with Crippen molar-refractivity contribution in [2.45, 2.75) is 13.5 Å². The largest absolute Gasteiger partial charge is 0.506 e. The smallest absolute Gasteiger partial charge is 0.272 e. The topological polar surface area (TPSA) is 66.0 Å². The molecule has 62 valence electrons. The Morgan fingerprint density at radius 1 is 1.75 bits per heavy atom. The van der Waals surface area contributed by atoms with Crippen LogP contribution in [0.4, 0.5) is 0 Å². The summed E-state index contributed by atoms with van der Waals surface area (Å²) in [4.78, 5) is 11.2. The van der Waals surface area contributed by atoms with Crippen molar-refractivity contribution in [1.82, 2.24) is 4.57 Å². The summed E-state index contributed by atoms with van der Waals surface area (Å²) in [5, 5.41) is 17.6. The molecule has 1 N–H and O–H groups in total. The van der Waals surface area contributed by atoms with Crippen LogP contribution in [0.1, 0.15) is 12.5 Å². The van der Waals surface area contributed by atoms with E-state index in [1.807, 2.05) is 0 Å². The highest BCUT2D eigenvalue weighted by atomic mass is 16.3. The molecule has 0 aliphatic heterocycles. The highest BCUT2D eigenvalue weighted by Crippen LogP contribution is 2.09. The molecular weight excluding hydrogens is 156 g/mol. The Bertz CT molecular complexity index is 387. The monoisotopic (exact) mass is 164 g/mol. The van der Waals surface area contributed by atoms with E-state index < -0.39 is 5.56 Å². The lowest BCUT2D eigenvalue weighted by molar-refractivity contribution is 0.469. The maximum atomic E-state index is 11.2.